The van der Waals surface area contributed by atoms with Crippen LogP contribution < -0.4 is 20.9 Å². The van der Waals surface area contributed by atoms with E-state index in [0.29, 0.717) is 11.3 Å². The van der Waals surface area contributed by atoms with Gasteiger partial charge in [0.05, 0.1) is 13.5 Å². The second kappa shape index (κ2) is 10.0. The van der Waals surface area contributed by atoms with Gasteiger partial charge in [-0.05, 0) is 53.7 Å². The number of nitrogens with one attached hydrogen (secondary N) is 3. The summed E-state index contributed by atoms with van der Waals surface area (Å²) in [6.07, 6.45) is 2.90. The molecule has 0 aliphatic heterocycles. The van der Waals surface area contributed by atoms with Gasteiger partial charge in [-0.1, -0.05) is 24.3 Å². The van der Waals surface area contributed by atoms with Crippen LogP contribution in [0.3, 0.4) is 0 Å². The van der Waals surface area contributed by atoms with Crippen LogP contribution in [0.1, 0.15) is 11.1 Å². The van der Waals surface area contributed by atoms with Crippen molar-refractivity contribution in [2.24, 2.45) is 0 Å². The number of halogens is 1. The number of hydrogen-bond acceptors (Lipinski definition) is 4. The molecule has 0 aliphatic carbocycles. The first-order chi connectivity index (χ1) is 13.0. The van der Waals surface area contributed by atoms with Crippen LogP contribution in [-0.2, 0) is 16.0 Å². The number of amides is 2. The highest BCUT2D eigenvalue weighted by atomic mass is 32.1. The largest absolute Gasteiger partial charge is 0.497 e. The number of carbonyl (C=O) groups is 2. The Hall–Kier alpha value is -3.26. The molecule has 0 radical (unpaired) electrons. The highest BCUT2D eigenvalue weighted by Gasteiger charge is 2.05. The van der Waals surface area contributed by atoms with E-state index < -0.39 is 5.91 Å². The van der Waals surface area contributed by atoms with Gasteiger partial charge < -0.3 is 4.74 Å². The molecule has 3 N–H and O–H groups in total. The number of benzene rings is 2. The lowest BCUT2D eigenvalue weighted by atomic mass is 10.1. The molecule has 0 unspecified atom stereocenters. The third kappa shape index (κ3) is 7.25. The Kier molecular flexibility index (Phi) is 7.45. The minimum Gasteiger partial charge on any atom is -0.497 e. The molecule has 6 nitrogen and oxygen atoms in total. The Bertz CT molecular complexity index is 836. The lowest BCUT2D eigenvalue weighted by Gasteiger charge is -2.10. The van der Waals surface area contributed by atoms with Crippen LogP contribution in [0.15, 0.2) is 54.6 Å². The van der Waals surface area contributed by atoms with E-state index in [1.54, 1.807) is 31.4 Å². The van der Waals surface area contributed by atoms with E-state index in [1.807, 2.05) is 0 Å². The summed E-state index contributed by atoms with van der Waals surface area (Å²) >= 11 is 4.94. The summed E-state index contributed by atoms with van der Waals surface area (Å²) in [6.45, 7) is 0. The monoisotopic (exact) mass is 387 g/mol. The standard InChI is InChI=1S/C19H18FN3O3S/c1-26-16-9-4-14(5-10-16)12-18(25)22-23-19(27)21-17(24)11-6-13-2-7-15(20)8-3-13/h2-11H,12H2,1H3,(H,22,25)(H2,21,23,24,27)/b11-6+. The minimum absolute atomic E-state index is 0.0492. The fourth-order valence-corrected chi connectivity index (χ4v) is 2.18. The van der Waals surface area contributed by atoms with Gasteiger partial charge in [0.2, 0.25) is 11.8 Å². The second-order valence-corrected chi connectivity index (χ2v) is 5.81. The van der Waals surface area contributed by atoms with Crippen LogP contribution in [0, 0.1) is 5.82 Å². The number of ether oxygens (including phenoxy) is 1. The molecule has 0 aromatic heterocycles. The molecule has 0 saturated carbocycles. The number of rotatable bonds is 5. The Morgan fingerprint density at radius 3 is 2.37 bits per heavy atom. The average Bonchev–Trinajstić information content (AvgIpc) is 2.66. The Labute approximate surface area is 161 Å². The normalized spacial score (nSPS) is 10.3. The molecule has 0 fully saturated rings. The third-order valence-electron chi connectivity index (χ3n) is 3.37. The molecule has 0 heterocycles. The van der Waals surface area contributed by atoms with Gasteiger partial charge in [0, 0.05) is 6.08 Å². The van der Waals surface area contributed by atoms with Crippen molar-refractivity contribution in [2.75, 3.05) is 7.11 Å². The molecule has 0 atom stereocenters. The van der Waals surface area contributed by atoms with E-state index >= 15 is 0 Å². The third-order valence-corrected chi connectivity index (χ3v) is 3.58. The van der Waals surface area contributed by atoms with Gasteiger partial charge in [0.25, 0.3) is 0 Å². The van der Waals surface area contributed by atoms with Crippen LogP contribution in [0.2, 0.25) is 0 Å². The summed E-state index contributed by atoms with van der Waals surface area (Å²) in [5.41, 5.74) is 6.32. The van der Waals surface area contributed by atoms with Crippen molar-refractivity contribution < 1.29 is 18.7 Å². The van der Waals surface area contributed by atoms with Gasteiger partial charge in [-0.2, -0.15) is 0 Å². The van der Waals surface area contributed by atoms with Crippen molar-refractivity contribution in [2.45, 2.75) is 6.42 Å². The molecule has 2 rings (SSSR count). The molecule has 140 valence electrons. The molecule has 0 saturated heterocycles. The lowest BCUT2D eigenvalue weighted by molar-refractivity contribution is -0.121. The summed E-state index contributed by atoms with van der Waals surface area (Å²) in [4.78, 5) is 23.6. The van der Waals surface area contributed by atoms with E-state index in [0.717, 1.165) is 5.56 Å². The van der Waals surface area contributed by atoms with Crippen LogP contribution in [-0.4, -0.2) is 24.0 Å². The molecule has 8 heteroatoms. The number of hydrazine groups is 1. The Balaban J connectivity index is 1.73. The predicted octanol–water partition coefficient (Wildman–Crippen LogP) is 2.11. The lowest BCUT2D eigenvalue weighted by Crippen LogP contribution is -2.48. The van der Waals surface area contributed by atoms with Gasteiger partial charge in [0.1, 0.15) is 11.6 Å². The van der Waals surface area contributed by atoms with Gasteiger partial charge >= 0.3 is 0 Å². The van der Waals surface area contributed by atoms with E-state index in [2.05, 4.69) is 16.2 Å². The summed E-state index contributed by atoms with van der Waals surface area (Å²) in [5, 5.41) is 2.34. The topological polar surface area (TPSA) is 79.5 Å². The molecule has 0 spiro atoms. The van der Waals surface area contributed by atoms with Gasteiger partial charge in [-0.3, -0.25) is 25.8 Å². The molecule has 0 aliphatic rings. The fourth-order valence-electron chi connectivity index (χ4n) is 2.03. The maximum Gasteiger partial charge on any atom is 0.250 e. The first kappa shape index (κ1) is 20.1. The van der Waals surface area contributed by atoms with Crippen LogP contribution in [0.4, 0.5) is 4.39 Å². The maximum absolute atomic E-state index is 12.8. The Morgan fingerprint density at radius 1 is 1.07 bits per heavy atom. The van der Waals surface area contributed by atoms with Crippen LogP contribution >= 0.6 is 12.2 Å². The van der Waals surface area contributed by atoms with Crippen molar-refractivity contribution in [1.82, 2.24) is 16.2 Å². The van der Waals surface area contributed by atoms with Gasteiger partial charge in [-0.15, -0.1) is 0 Å². The zero-order valence-corrected chi connectivity index (χ0v) is 15.3. The number of carbonyl (C=O) groups excluding carboxylic acids is 2. The SMILES string of the molecule is COc1ccc(CC(=O)NNC(=S)NC(=O)/C=C/c2ccc(F)cc2)cc1. The van der Waals surface area contributed by atoms with Crippen molar-refractivity contribution in [3.8, 4) is 5.75 Å². The van der Waals surface area contributed by atoms with Crippen molar-refractivity contribution in [3.05, 3.63) is 71.6 Å². The van der Waals surface area contributed by atoms with Gasteiger partial charge in [-0.25, -0.2) is 4.39 Å². The summed E-state index contributed by atoms with van der Waals surface area (Å²) in [5.74, 6) is -0.456. The maximum atomic E-state index is 12.8. The predicted molar refractivity (Wildman–Crippen MR) is 104 cm³/mol. The summed E-state index contributed by atoms with van der Waals surface area (Å²) in [7, 11) is 1.57. The highest BCUT2D eigenvalue weighted by Crippen LogP contribution is 2.11. The number of methoxy groups -OCH3 is 1. The first-order valence-corrected chi connectivity index (χ1v) is 8.33. The molecule has 2 aromatic rings. The van der Waals surface area contributed by atoms with E-state index in [1.165, 1.54) is 36.4 Å². The number of hydrogen-bond donors (Lipinski definition) is 3. The quantitative estimate of drug-likeness (QED) is 0.416. The highest BCUT2D eigenvalue weighted by molar-refractivity contribution is 7.80. The molecule has 0 bridgehead atoms. The summed E-state index contributed by atoms with van der Waals surface area (Å²) < 4.78 is 17.9. The van der Waals surface area contributed by atoms with Crippen LogP contribution in [0.25, 0.3) is 6.08 Å². The van der Waals surface area contributed by atoms with Crippen molar-refractivity contribution in [1.29, 1.82) is 0 Å². The molecular formula is C19H18FN3O3S. The van der Waals surface area contributed by atoms with E-state index in [-0.39, 0.29) is 23.3 Å². The first-order valence-electron chi connectivity index (χ1n) is 7.92. The summed E-state index contributed by atoms with van der Waals surface area (Å²) in [6, 6.07) is 12.7. The van der Waals surface area contributed by atoms with Gasteiger partial charge in [0.15, 0.2) is 5.11 Å². The zero-order valence-electron chi connectivity index (χ0n) is 14.5. The van der Waals surface area contributed by atoms with Crippen molar-refractivity contribution in [3.63, 3.8) is 0 Å². The average molecular weight is 387 g/mol. The number of thiocarbonyl (C=S) groups is 1. The smallest absolute Gasteiger partial charge is 0.250 e. The van der Waals surface area contributed by atoms with Crippen LogP contribution in [0.5, 0.6) is 5.75 Å². The second-order valence-electron chi connectivity index (χ2n) is 5.40. The molecular weight excluding hydrogens is 369 g/mol. The van der Waals surface area contributed by atoms with Crippen molar-refractivity contribution >= 4 is 35.2 Å². The van der Waals surface area contributed by atoms with E-state index in [4.69, 9.17) is 17.0 Å². The zero-order chi connectivity index (χ0) is 19.6. The molecule has 27 heavy (non-hydrogen) atoms. The minimum atomic E-state index is -0.485. The molecule has 2 aromatic carbocycles. The fraction of sp³-hybridized carbons (Fsp3) is 0.105. The molecule has 2 amide bonds. The Morgan fingerprint density at radius 2 is 1.74 bits per heavy atom. The van der Waals surface area contributed by atoms with E-state index in [9.17, 15) is 14.0 Å².